The van der Waals surface area contributed by atoms with E-state index >= 15 is 0 Å². The molecule has 5 nitrogen and oxygen atoms in total. The van der Waals surface area contributed by atoms with Gasteiger partial charge in [-0.25, -0.2) is 0 Å². The van der Waals surface area contributed by atoms with Crippen LogP contribution in [0.2, 0.25) is 0 Å². The SMILES string of the molecule is COc1cccc(OC)c1Sc1ccc([N+](=O)[O-])cc1. The number of nitro benzene ring substituents is 1. The molecule has 0 aliphatic rings. The molecule has 2 aromatic carbocycles. The largest absolute Gasteiger partial charge is 0.495 e. The molecule has 6 heteroatoms. The Labute approximate surface area is 120 Å². The van der Waals surface area contributed by atoms with Gasteiger partial charge in [0.25, 0.3) is 5.69 Å². The highest BCUT2D eigenvalue weighted by Gasteiger charge is 2.12. The summed E-state index contributed by atoms with van der Waals surface area (Å²) in [6, 6.07) is 11.9. The van der Waals surface area contributed by atoms with Crippen molar-refractivity contribution in [1.29, 1.82) is 0 Å². The average Bonchev–Trinajstić information content (AvgIpc) is 2.48. The van der Waals surface area contributed by atoms with E-state index < -0.39 is 4.92 Å². The fourth-order valence-corrected chi connectivity index (χ4v) is 2.68. The van der Waals surface area contributed by atoms with Crippen LogP contribution in [0, 0.1) is 10.1 Å². The van der Waals surface area contributed by atoms with Gasteiger partial charge in [-0.2, -0.15) is 0 Å². The van der Waals surface area contributed by atoms with Crippen molar-refractivity contribution in [3.8, 4) is 11.5 Å². The Hall–Kier alpha value is -2.21. The number of nitrogens with zero attached hydrogens (tertiary/aromatic N) is 1. The molecule has 0 saturated heterocycles. The lowest BCUT2D eigenvalue weighted by molar-refractivity contribution is -0.384. The first kappa shape index (κ1) is 14.2. The standard InChI is InChI=1S/C14H13NO4S/c1-18-12-4-3-5-13(19-2)14(12)20-11-8-6-10(7-9-11)15(16)17/h3-9H,1-2H3. The van der Waals surface area contributed by atoms with E-state index in [4.69, 9.17) is 9.47 Å². The molecular formula is C14H13NO4S. The van der Waals surface area contributed by atoms with Gasteiger partial charge in [0.1, 0.15) is 11.5 Å². The van der Waals surface area contributed by atoms with Crippen LogP contribution in [0.3, 0.4) is 0 Å². The number of rotatable bonds is 5. The summed E-state index contributed by atoms with van der Waals surface area (Å²) in [6.45, 7) is 0. The van der Waals surface area contributed by atoms with Crippen molar-refractivity contribution in [2.45, 2.75) is 9.79 Å². The van der Waals surface area contributed by atoms with Crippen LogP contribution in [0.1, 0.15) is 0 Å². The van der Waals surface area contributed by atoms with Gasteiger partial charge in [0.2, 0.25) is 0 Å². The van der Waals surface area contributed by atoms with Crippen molar-refractivity contribution >= 4 is 17.4 Å². The molecular weight excluding hydrogens is 278 g/mol. The number of hydrogen-bond acceptors (Lipinski definition) is 5. The van der Waals surface area contributed by atoms with Gasteiger partial charge in [0.05, 0.1) is 24.0 Å². The summed E-state index contributed by atoms with van der Waals surface area (Å²) >= 11 is 1.44. The van der Waals surface area contributed by atoms with Crippen LogP contribution >= 0.6 is 11.8 Å². The fourth-order valence-electron chi connectivity index (χ4n) is 1.67. The average molecular weight is 291 g/mol. The highest BCUT2D eigenvalue weighted by atomic mass is 32.2. The smallest absolute Gasteiger partial charge is 0.269 e. The Morgan fingerprint density at radius 3 is 2.00 bits per heavy atom. The van der Waals surface area contributed by atoms with Gasteiger partial charge >= 0.3 is 0 Å². The maximum Gasteiger partial charge on any atom is 0.269 e. The second-order valence-corrected chi connectivity index (χ2v) is 4.93. The van der Waals surface area contributed by atoms with Crippen LogP contribution in [0.25, 0.3) is 0 Å². The first-order chi connectivity index (χ1) is 9.65. The first-order valence-electron chi connectivity index (χ1n) is 5.79. The summed E-state index contributed by atoms with van der Waals surface area (Å²) < 4.78 is 10.6. The molecule has 20 heavy (non-hydrogen) atoms. The number of hydrogen-bond donors (Lipinski definition) is 0. The van der Waals surface area contributed by atoms with E-state index in [2.05, 4.69) is 0 Å². The van der Waals surface area contributed by atoms with Crippen molar-refractivity contribution in [1.82, 2.24) is 0 Å². The second-order valence-electron chi connectivity index (χ2n) is 3.84. The quantitative estimate of drug-likeness (QED) is 0.620. The van der Waals surface area contributed by atoms with Crippen LogP contribution in [-0.4, -0.2) is 19.1 Å². The molecule has 0 bridgehead atoms. The van der Waals surface area contributed by atoms with Gasteiger partial charge in [-0.15, -0.1) is 0 Å². The van der Waals surface area contributed by atoms with E-state index in [0.717, 1.165) is 9.79 Å². The molecule has 2 aromatic rings. The van der Waals surface area contributed by atoms with E-state index in [1.165, 1.54) is 23.9 Å². The van der Waals surface area contributed by atoms with Gasteiger partial charge < -0.3 is 9.47 Å². The Kier molecular flexibility index (Phi) is 4.47. The molecule has 0 heterocycles. The molecule has 0 spiro atoms. The summed E-state index contributed by atoms with van der Waals surface area (Å²) in [7, 11) is 3.18. The Balaban J connectivity index is 2.31. The predicted molar refractivity (Wildman–Crippen MR) is 76.8 cm³/mol. The summed E-state index contributed by atoms with van der Waals surface area (Å²) in [6.07, 6.45) is 0. The summed E-state index contributed by atoms with van der Waals surface area (Å²) in [5.41, 5.74) is 0.0707. The zero-order chi connectivity index (χ0) is 14.5. The van der Waals surface area contributed by atoms with Crippen molar-refractivity contribution in [2.75, 3.05) is 14.2 Å². The lowest BCUT2D eigenvalue weighted by Crippen LogP contribution is -1.91. The van der Waals surface area contributed by atoms with E-state index in [1.54, 1.807) is 26.4 Å². The van der Waals surface area contributed by atoms with Crippen molar-refractivity contribution < 1.29 is 14.4 Å². The van der Waals surface area contributed by atoms with Crippen LogP contribution < -0.4 is 9.47 Å². The van der Waals surface area contributed by atoms with Crippen LogP contribution in [-0.2, 0) is 0 Å². The van der Waals surface area contributed by atoms with E-state index in [-0.39, 0.29) is 5.69 Å². The summed E-state index contributed by atoms with van der Waals surface area (Å²) in [4.78, 5) is 11.9. The van der Waals surface area contributed by atoms with E-state index in [1.807, 2.05) is 18.2 Å². The molecule has 0 N–H and O–H groups in total. The fraction of sp³-hybridized carbons (Fsp3) is 0.143. The molecule has 0 amide bonds. The van der Waals surface area contributed by atoms with Gasteiger partial charge in [-0.3, -0.25) is 10.1 Å². The number of ether oxygens (including phenoxy) is 2. The third-order valence-corrected chi connectivity index (χ3v) is 3.76. The topological polar surface area (TPSA) is 61.6 Å². The van der Waals surface area contributed by atoms with Gasteiger partial charge in [-0.1, -0.05) is 17.8 Å². The van der Waals surface area contributed by atoms with E-state index in [9.17, 15) is 10.1 Å². The number of non-ortho nitro benzene ring substituents is 1. The molecule has 0 saturated carbocycles. The maximum atomic E-state index is 10.6. The third-order valence-electron chi connectivity index (χ3n) is 2.65. The lowest BCUT2D eigenvalue weighted by Gasteiger charge is -2.12. The van der Waals surface area contributed by atoms with Gasteiger partial charge in [0.15, 0.2) is 0 Å². The zero-order valence-electron chi connectivity index (χ0n) is 11.0. The summed E-state index contributed by atoms with van der Waals surface area (Å²) in [5.74, 6) is 1.40. The van der Waals surface area contributed by atoms with Crippen molar-refractivity contribution in [3.05, 3.63) is 52.6 Å². The zero-order valence-corrected chi connectivity index (χ0v) is 11.8. The third kappa shape index (κ3) is 3.03. The number of benzene rings is 2. The van der Waals surface area contributed by atoms with Crippen molar-refractivity contribution in [2.24, 2.45) is 0 Å². The molecule has 0 radical (unpaired) electrons. The normalized spacial score (nSPS) is 10.1. The molecule has 2 rings (SSSR count). The molecule has 0 unspecified atom stereocenters. The van der Waals surface area contributed by atoms with Crippen LogP contribution in [0.4, 0.5) is 5.69 Å². The highest BCUT2D eigenvalue weighted by molar-refractivity contribution is 7.99. The van der Waals surface area contributed by atoms with Crippen LogP contribution in [0.15, 0.2) is 52.3 Å². The molecule has 0 aliphatic heterocycles. The minimum absolute atomic E-state index is 0.0707. The molecule has 0 aromatic heterocycles. The number of methoxy groups -OCH3 is 2. The minimum Gasteiger partial charge on any atom is -0.495 e. The Morgan fingerprint density at radius 1 is 1.00 bits per heavy atom. The second kappa shape index (κ2) is 6.29. The lowest BCUT2D eigenvalue weighted by atomic mass is 10.3. The monoisotopic (exact) mass is 291 g/mol. The minimum atomic E-state index is -0.419. The molecule has 0 atom stereocenters. The van der Waals surface area contributed by atoms with Gasteiger partial charge in [0, 0.05) is 17.0 Å². The molecule has 0 fully saturated rings. The van der Waals surface area contributed by atoms with Gasteiger partial charge in [-0.05, 0) is 24.3 Å². The predicted octanol–water partition coefficient (Wildman–Crippen LogP) is 3.76. The molecule has 104 valence electrons. The van der Waals surface area contributed by atoms with Crippen molar-refractivity contribution in [3.63, 3.8) is 0 Å². The summed E-state index contributed by atoms with van der Waals surface area (Å²) in [5, 5.41) is 10.6. The first-order valence-corrected chi connectivity index (χ1v) is 6.60. The van der Waals surface area contributed by atoms with Crippen LogP contribution in [0.5, 0.6) is 11.5 Å². The Bertz CT molecular complexity index is 591. The number of nitro groups is 1. The highest BCUT2D eigenvalue weighted by Crippen LogP contribution is 2.41. The maximum absolute atomic E-state index is 10.6. The van der Waals surface area contributed by atoms with E-state index in [0.29, 0.717) is 11.5 Å². The molecule has 0 aliphatic carbocycles. The Morgan fingerprint density at radius 2 is 1.55 bits per heavy atom.